The Hall–Kier alpha value is -0.970. The van der Waals surface area contributed by atoms with Crippen molar-refractivity contribution in [3.63, 3.8) is 0 Å². The number of sulfonamides is 1. The summed E-state index contributed by atoms with van der Waals surface area (Å²) in [6, 6.07) is 2.71. The van der Waals surface area contributed by atoms with Gasteiger partial charge in [-0.2, -0.15) is 0 Å². The minimum absolute atomic E-state index is 0.0303. The lowest BCUT2D eigenvalue weighted by Gasteiger charge is -2.10. The van der Waals surface area contributed by atoms with Gasteiger partial charge in [-0.05, 0) is 44.0 Å². The largest absolute Gasteiger partial charge is 0.481 e. The predicted octanol–water partition coefficient (Wildman–Crippen LogP) is 2.13. The molecule has 0 aliphatic rings. The fourth-order valence-corrected chi connectivity index (χ4v) is 3.65. The number of benzene rings is 1. The molecule has 0 aliphatic heterocycles. The Bertz CT molecular complexity index is 722. The fourth-order valence-electron chi connectivity index (χ4n) is 1.37. The maximum absolute atomic E-state index is 11.3. The quantitative estimate of drug-likeness (QED) is 0.801. The zero-order valence-electron chi connectivity index (χ0n) is 10.1. The molecule has 1 heterocycles. The highest BCUT2D eigenvalue weighted by Crippen LogP contribution is 2.36. The van der Waals surface area contributed by atoms with Crippen LogP contribution in [-0.2, 0) is 16.6 Å². The van der Waals surface area contributed by atoms with Crippen LogP contribution in [0.1, 0.15) is 11.8 Å². The van der Waals surface area contributed by atoms with Crippen LogP contribution in [0, 0.1) is 6.92 Å². The van der Waals surface area contributed by atoms with Gasteiger partial charge in [-0.1, -0.05) is 0 Å². The van der Waals surface area contributed by atoms with Crippen LogP contribution in [0.3, 0.4) is 0 Å². The summed E-state index contributed by atoms with van der Waals surface area (Å²) in [5.41, 5.74) is 0. The number of aromatic nitrogens is 2. The minimum Gasteiger partial charge on any atom is -0.481 e. The third-order valence-electron chi connectivity index (χ3n) is 2.21. The maximum Gasteiger partial charge on any atom is 0.253 e. The molecule has 0 fully saturated rings. The van der Waals surface area contributed by atoms with Crippen molar-refractivity contribution < 1.29 is 17.6 Å². The van der Waals surface area contributed by atoms with E-state index in [-0.39, 0.29) is 11.5 Å². The average Bonchev–Trinajstić information content (AvgIpc) is 2.72. The molecule has 0 saturated heterocycles. The maximum atomic E-state index is 11.3. The molecule has 2 N–H and O–H groups in total. The molecule has 20 heavy (non-hydrogen) atoms. The molecule has 0 unspecified atom stereocenters. The summed E-state index contributed by atoms with van der Waals surface area (Å²) in [6.45, 7) is 1.73. The lowest BCUT2D eigenvalue weighted by molar-refractivity contribution is 0.257. The molecule has 0 aliphatic carbocycles. The van der Waals surface area contributed by atoms with Crippen LogP contribution in [0.4, 0.5) is 0 Å². The number of hydrogen-bond acceptors (Lipinski definition) is 6. The number of hydrogen-bond donors (Lipinski definition) is 1. The van der Waals surface area contributed by atoms with Crippen LogP contribution in [-0.4, -0.2) is 18.6 Å². The Labute approximate surface area is 131 Å². The van der Waals surface area contributed by atoms with Gasteiger partial charge in [0.15, 0.2) is 6.61 Å². The van der Waals surface area contributed by atoms with Crippen LogP contribution in [0.2, 0.25) is 0 Å². The van der Waals surface area contributed by atoms with Crippen molar-refractivity contribution >= 4 is 41.9 Å². The summed E-state index contributed by atoms with van der Waals surface area (Å²) in [7, 11) is -3.78. The molecular formula is C10H9Br2N3O4S. The summed E-state index contributed by atoms with van der Waals surface area (Å²) in [5.74, 6) is 1.16. The Balaban J connectivity index is 2.25. The van der Waals surface area contributed by atoms with Gasteiger partial charge in [0.1, 0.15) is 5.75 Å². The normalized spacial score (nSPS) is 11.6. The standard InChI is InChI=1S/C10H9Br2N3O4S/c1-5-14-15-9(19-5)4-18-10-7(11)2-6(3-8(10)12)20(13,16)17/h2-3H,4H2,1H3,(H2,13,16,17). The number of nitrogens with zero attached hydrogens (tertiary/aromatic N) is 2. The molecule has 0 bridgehead atoms. The first-order valence-electron chi connectivity index (χ1n) is 5.21. The number of nitrogens with two attached hydrogens (primary N) is 1. The minimum atomic E-state index is -3.78. The van der Waals surface area contributed by atoms with Gasteiger partial charge in [0.25, 0.3) is 5.89 Å². The molecule has 0 radical (unpaired) electrons. The molecule has 1 aromatic carbocycles. The lowest BCUT2D eigenvalue weighted by Crippen LogP contribution is -2.12. The smallest absolute Gasteiger partial charge is 0.253 e. The molecule has 0 saturated carbocycles. The summed E-state index contributed by atoms with van der Waals surface area (Å²) >= 11 is 6.46. The summed E-state index contributed by atoms with van der Waals surface area (Å²) in [4.78, 5) is -0.0303. The van der Waals surface area contributed by atoms with Gasteiger partial charge in [0, 0.05) is 6.92 Å². The summed E-state index contributed by atoms with van der Waals surface area (Å²) in [6.07, 6.45) is 0. The van der Waals surface area contributed by atoms with Crippen molar-refractivity contribution in [2.45, 2.75) is 18.4 Å². The first-order valence-corrected chi connectivity index (χ1v) is 8.34. The van der Waals surface area contributed by atoms with E-state index in [1.54, 1.807) is 6.92 Å². The number of halogens is 2. The zero-order valence-corrected chi connectivity index (χ0v) is 14.1. The van der Waals surface area contributed by atoms with E-state index in [2.05, 4.69) is 42.1 Å². The van der Waals surface area contributed by atoms with Crippen molar-refractivity contribution in [3.05, 3.63) is 32.9 Å². The van der Waals surface area contributed by atoms with E-state index >= 15 is 0 Å². The molecule has 7 nitrogen and oxygen atoms in total. The molecule has 2 aromatic rings. The third kappa shape index (κ3) is 3.57. The highest BCUT2D eigenvalue weighted by Gasteiger charge is 2.16. The summed E-state index contributed by atoms with van der Waals surface area (Å²) < 4.78 is 34.1. The van der Waals surface area contributed by atoms with Crippen LogP contribution in [0.25, 0.3) is 0 Å². The van der Waals surface area contributed by atoms with Crippen molar-refractivity contribution in [1.82, 2.24) is 10.2 Å². The van der Waals surface area contributed by atoms with Gasteiger partial charge in [-0.15, -0.1) is 10.2 Å². The second-order valence-corrected chi connectivity index (χ2v) is 7.03. The number of rotatable bonds is 4. The van der Waals surface area contributed by atoms with Crippen molar-refractivity contribution in [2.75, 3.05) is 0 Å². The van der Waals surface area contributed by atoms with E-state index in [0.29, 0.717) is 26.5 Å². The van der Waals surface area contributed by atoms with E-state index in [9.17, 15) is 8.42 Å². The second kappa shape index (κ2) is 5.80. The van der Waals surface area contributed by atoms with E-state index in [1.807, 2.05) is 0 Å². The van der Waals surface area contributed by atoms with E-state index in [0.717, 1.165) is 0 Å². The number of primary sulfonamides is 1. The van der Waals surface area contributed by atoms with Crippen LogP contribution >= 0.6 is 31.9 Å². The van der Waals surface area contributed by atoms with Gasteiger partial charge in [0.05, 0.1) is 13.8 Å². The Morgan fingerprint density at radius 2 is 1.90 bits per heavy atom. The molecule has 2 rings (SSSR count). The topological polar surface area (TPSA) is 108 Å². The highest BCUT2D eigenvalue weighted by molar-refractivity contribution is 9.11. The second-order valence-electron chi connectivity index (χ2n) is 3.76. The molecule has 108 valence electrons. The molecule has 0 atom stereocenters. The van der Waals surface area contributed by atoms with Crippen molar-refractivity contribution in [1.29, 1.82) is 0 Å². The third-order valence-corrected chi connectivity index (χ3v) is 4.28. The van der Waals surface area contributed by atoms with Gasteiger partial charge < -0.3 is 9.15 Å². The molecule has 10 heteroatoms. The monoisotopic (exact) mass is 425 g/mol. The van der Waals surface area contributed by atoms with E-state index in [4.69, 9.17) is 14.3 Å². The van der Waals surface area contributed by atoms with E-state index < -0.39 is 10.0 Å². The van der Waals surface area contributed by atoms with Crippen LogP contribution in [0.5, 0.6) is 5.75 Å². The average molecular weight is 427 g/mol. The van der Waals surface area contributed by atoms with Crippen molar-refractivity contribution in [3.8, 4) is 5.75 Å². The summed E-state index contributed by atoms with van der Waals surface area (Å²) in [5, 5.41) is 12.5. The Morgan fingerprint density at radius 1 is 1.30 bits per heavy atom. The Morgan fingerprint density at radius 3 is 2.35 bits per heavy atom. The first kappa shape index (κ1) is 15.4. The van der Waals surface area contributed by atoms with E-state index in [1.165, 1.54) is 12.1 Å². The lowest BCUT2D eigenvalue weighted by atomic mass is 10.3. The number of ether oxygens (including phenoxy) is 1. The van der Waals surface area contributed by atoms with Gasteiger partial charge >= 0.3 is 0 Å². The SMILES string of the molecule is Cc1nnc(COc2c(Br)cc(S(N)(=O)=O)cc2Br)o1. The molecular weight excluding hydrogens is 418 g/mol. The van der Waals surface area contributed by atoms with Crippen molar-refractivity contribution in [2.24, 2.45) is 5.14 Å². The Kier molecular flexibility index (Phi) is 4.47. The first-order chi connectivity index (χ1) is 9.27. The van der Waals surface area contributed by atoms with Crippen LogP contribution < -0.4 is 9.88 Å². The van der Waals surface area contributed by atoms with Crippen LogP contribution in [0.15, 0.2) is 30.4 Å². The van der Waals surface area contributed by atoms with Gasteiger partial charge in [-0.25, -0.2) is 13.6 Å². The zero-order chi connectivity index (χ0) is 14.9. The molecule has 1 aromatic heterocycles. The predicted molar refractivity (Wildman–Crippen MR) is 76.6 cm³/mol. The molecule has 0 amide bonds. The van der Waals surface area contributed by atoms with Gasteiger partial charge in [-0.3, -0.25) is 0 Å². The molecule has 0 spiro atoms. The highest BCUT2D eigenvalue weighted by atomic mass is 79.9. The van der Waals surface area contributed by atoms with Gasteiger partial charge in [0.2, 0.25) is 15.9 Å². The fraction of sp³-hybridized carbons (Fsp3) is 0.200. The number of aryl methyl sites for hydroxylation is 1.